The Morgan fingerprint density at radius 2 is 2.00 bits per heavy atom. The van der Waals surface area contributed by atoms with Gasteiger partial charge in [-0.2, -0.15) is 15.2 Å². The summed E-state index contributed by atoms with van der Waals surface area (Å²) < 4.78 is 6.26. The van der Waals surface area contributed by atoms with E-state index in [4.69, 9.17) is 26.3 Å². The Balaban J connectivity index is 1.42. The second-order valence-electron chi connectivity index (χ2n) is 11.6. The van der Waals surface area contributed by atoms with Gasteiger partial charge in [-0.3, -0.25) is 4.79 Å². The van der Waals surface area contributed by atoms with Crippen molar-refractivity contribution in [3.8, 4) is 23.2 Å². The lowest BCUT2D eigenvalue weighted by Crippen LogP contribution is -2.55. The van der Waals surface area contributed by atoms with E-state index in [1.165, 1.54) is 35.6 Å². The molecular formula is C33H37ClN6O2. The Kier molecular flexibility index (Phi) is 8.32. The van der Waals surface area contributed by atoms with Crippen molar-refractivity contribution in [2.75, 3.05) is 44.7 Å². The molecule has 0 unspecified atom stereocenters. The molecule has 2 saturated heterocycles. The summed E-state index contributed by atoms with van der Waals surface area (Å²) in [5.74, 6) is 0.554. The number of benzene rings is 2. The number of anilines is 1. The molecule has 9 heteroatoms. The summed E-state index contributed by atoms with van der Waals surface area (Å²) in [5.41, 5.74) is 5.68. The first-order valence-electron chi connectivity index (χ1n) is 15.0. The van der Waals surface area contributed by atoms with Gasteiger partial charge in [-0.25, -0.2) is 0 Å². The predicted molar refractivity (Wildman–Crippen MR) is 166 cm³/mol. The molecule has 3 aromatic rings. The number of piperazine rings is 1. The lowest BCUT2D eigenvalue weighted by atomic mass is 9.86. The van der Waals surface area contributed by atoms with Crippen LogP contribution in [0.5, 0.6) is 6.01 Å². The van der Waals surface area contributed by atoms with Crippen molar-refractivity contribution in [1.82, 2.24) is 19.8 Å². The summed E-state index contributed by atoms with van der Waals surface area (Å²) in [6.07, 6.45) is 8.32. The molecule has 3 aliphatic rings. The number of ether oxygens (including phenoxy) is 1. The molecule has 8 nitrogen and oxygen atoms in total. The maximum absolute atomic E-state index is 12.5. The van der Waals surface area contributed by atoms with Gasteiger partial charge in [-0.05, 0) is 87.0 Å². The zero-order valence-corrected chi connectivity index (χ0v) is 24.9. The van der Waals surface area contributed by atoms with Gasteiger partial charge in [-0.1, -0.05) is 36.4 Å². The Bertz CT molecular complexity index is 1550. The van der Waals surface area contributed by atoms with Crippen LogP contribution in [0, 0.1) is 11.3 Å². The van der Waals surface area contributed by atoms with Crippen LogP contribution in [0.2, 0.25) is 5.02 Å². The fourth-order valence-electron chi connectivity index (χ4n) is 6.75. The minimum Gasteiger partial charge on any atom is -0.462 e. The normalized spacial score (nSPS) is 20.8. The average Bonchev–Trinajstić information content (AvgIpc) is 3.43. The standard InChI is InChI=1S/C33H37ClN6O2/c1-3-31(41)40-17-16-39(20-23(40)13-14-35)32-28-18-29(34)27(26-12-6-9-22-8-4-5-11-25(22)26)19-30(28)36-33(37-32)42-21-24-10-7-15-38(24)2/h3,6,9,12,18-19,23-24H,1,4-5,7-8,10-11,13,15-17,20-21H2,2H3/t23-,24-/m0/s1. The highest BCUT2D eigenvalue weighted by Gasteiger charge is 2.32. The smallest absolute Gasteiger partial charge is 0.319 e. The molecule has 1 aliphatic carbocycles. The molecule has 42 heavy (non-hydrogen) atoms. The van der Waals surface area contributed by atoms with Gasteiger partial charge in [0.1, 0.15) is 12.4 Å². The Morgan fingerprint density at radius 3 is 2.79 bits per heavy atom. The molecule has 1 aromatic heterocycles. The number of rotatable bonds is 7. The lowest BCUT2D eigenvalue weighted by molar-refractivity contribution is -0.128. The number of nitrogens with zero attached hydrogens (tertiary/aromatic N) is 6. The van der Waals surface area contributed by atoms with Gasteiger partial charge in [0, 0.05) is 41.6 Å². The minimum atomic E-state index is -0.277. The summed E-state index contributed by atoms with van der Waals surface area (Å²) in [6.45, 7) is 6.72. The molecule has 0 radical (unpaired) electrons. The number of hydrogen-bond acceptors (Lipinski definition) is 7. The van der Waals surface area contributed by atoms with E-state index >= 15 is 0 Å². The van der Waals surface area contributed by atoms with Crippen molar-refractivity contribution in [3.63, 3.8) is 0 Å². The molecule has 0 saturated carbocycles. The molecule has 2 fully saturated rings. The van der Waals surface area contributed by atoms with Crippen molar-refractivity contribution in [3.05, 3.63) is 59.1 Å². The fourth-order valence-corrected chi connectivity index (χ4v) is 7.02. The Labute approximate surface area is 252 Å². The molecule has 2 atom stereocenters. The highest BCUT2D eigenvalue weighted by Crippen LogP contribution is 2.40. The Morgan fingerprint density at radius 1 is 1.14 bits per heavy atom. The van der Waals surface area contributed by atoms with Gasteiger partial charge < -0.3 is 19.4 Å². The maximum Gasteiger partial charge on any atom is 0.319 e. The fraction of sp³-hybridized carbons (Fsp3) is 0.455. The quantitative estimate of drug-likeness (QED) is 0.343. The topological polar surface area (TPSA) is 85.6 Å². The number of fused-ring (bicyclic) bond motifs is 2. The summed E-state index contributed by atoms with van der Waals surface area (Å²) >= 11 is 7.04. The van der Waals surface area contributed by atoms with Gasteiger partial charge in [0.25, 0.3) is 0 Å². The van der Waals surface area contributed by atoms with Crippen molar-refractivity contribution >= 4 is 34.2 Å². The molecular weight excluding hydrogens is 548 g/mol. The van der Waals surface area contributed by atoms with E-state index in [1.54, 1.807) is 4.90 Å². The average molecular weight is 585 g/mol. The van der Waals surface area contributed by atoms with Crippen LogP contribution < -0.4 is 9.64 Å². The summed E-state index contributed by atoms with van der Waals surface area (Å²) in [5, 5.41) is 11.0. The Hall–Kier alpha value is -3.67. The van der Waals surface area contributed by atoms with Crippen LogP contribution in [0.1, 0.15) is 43.2 Å². The predicted octanol–water partition coefficient (Wildman–Crippen LogP) is 5.42. The van der Waals surface area contributed by atoms with E-state index in [0.717, 1.165) is 48.7 Å². The molecule has 0 bridgehead atoms. The van der Waals surface area contributed by atoms with Gasteiger partial charge in [0.15, 0.2) is 0 Å². The highest BCUT2D eigenvalue weighted by molar-refractivity contribution is 6.34. The van der Waals surface area contributed by atoms with Gasteiger partial charge in [0.05, 0.1) is 24.0 Å². The molecule has 0 spiro atoms. The van der Waals surface area contributed by atoms with Crippen molar-refractivity contribution < 1.29 is 9.53 Å². The number of likely N-dealkylation sites (tertiary alicyclic amines) is 1. The molecule has 2 aromatic carbocycles. The minimum absolute atomic E-state index is 0.161. The monoisotopic (exact) mass is 584 g/mol. The second kappa shape index (κ2) is 12.3. The number of hydrogen-bond donors (Lipinski definition) is 0. The van der Waals surface area contributed by atoms with E-state index in [-0.39, 0.29) is 18.4 Å². The van der Waals surface area contributed by atoms with Crippen LogP contribution in [0.25, 0.3) is 22.0 Å². The number of halogens is 1. The second-order valence-corrected chi connectivity index (χ2v) is 12.0. The summed E-state index contributed by atoms with van der Waals surface area (Å²) in [6, 6.07) is 13.2. The third kappa shape index (κ3) is 5.56. The molecule has 3 heterocycles. The first-order valence-corrected chi connectivity index (χ1v) is 15.3. The van der Waals surface area contributed by atoms with Crippen LogP contribution in [-0.4, -0.2) is 77.6 Å². The number of aryl methyl sites for hydroxylation is 1. The number of carbonyl (C=O) groups excluding carboxylic acids is 1. The largest absolute Gasteiger partial charge is 0.462 e. The van der Waals surface area contributed by atoms with Crippen LogP contribution in [0.4, 0.5) is 5.82 Å². The zero-order chi connectivity index (χ0) is 29.2. The lowest BCUT2D eigenvalue weighted by Gasteiger charge is -2.41. The van der Waals surface area contributed by atoms with Gasteiger partial charge in [-0.15, -0.1) is 0 Å². The van der Waals surface area contributed by atoms with Crippen LogP contribution in [0.15, 0.2) is 43.0 Å². The number of amides is 1. The number of carbonyl (C=O) groups is 1. The third-order valence-electron chi connectivity index (χ3n) is 9.07. The SMILES string of the molecule is C=CC(=O)N1CCN(c2nc(OC[C@@H]3CCCN3C)nc3cc(-c4cccc5c4CCCC5)c(Cl)cc23)C[C@@H]1CC#N. The molecule has 2 aliphatic heterocycles. The number of aromatic nitrogens is 2. The van der Waals surface area contributed by atoms with Gasteiger partial charge >= 0.3 is 6.01 Å². The number of nitriles is 1. The molecule has 1 amide bonds. The third-order valence-corrected chi connectivity index (χ3v) is 9.39. The zero-order valence-electron chi connectivity index (χ0n) is 24.2. The first kappa shape index (κ1) is 28.4. The highest BCUT2D eigenvalue weighted by atomic mass is 35.5. The van der Waals surface area contributed by atoms with E-state index in [1.807, 2.05) is 6.07 Å². The van der Waals surface area contributed by atoms with E-state index in [2.05, 4.69) is 53.8 Å². The van der Waals surface area contributed by atoms with Crippen LogP contribution >= 0.6 is 11.6 Å². The molecule has 218 valence electrons. The van der Waals surface area contributed by atoms with Crippen molar-refractivity contribution in [2.24, 2.45) is 0 Å². The van der Waals surface area contributed by atoms with Crippen LogP contribution in [0.3, 0.4) is 0 Å². The van der Waals surface area contributed by atoms with E-state index in [0.29, 0.717) is 49.1 Å². The van der Waals surface area contributed by atoms with Crippen LogP contribution in [-0.2, 0) is 17.6 Å². The summed E-state index contributed by atoms with van der Waals surface area (Å²) in [7, 11) is 2.13. The van der Waals surface area contributed by atoms with Gasteiger partial charge in [0.2, 0.25) is 5.91 Å². The maximum atomic E-state index is 12.5. The van der Waals surface area contributed by atoms with E-state index < -0.39 is 0 Å². The van der Waals surface area contributed by atoms with E-state index in [9.17, 15) is 10.1 Å². The summed E-state index contributed by atoms with van der Waals surface area (Å²) in [4.78, 5) is 28.5. The van der Waals surface area contributed by atoms with Crippen molar-refractivity contribution in [2.45, 2.75) is 57.0 Å². The molecule has 0 N–H and O–H groups in total. The molecule has 6 rings (SSSR count). The number of likely N-dealkylation sites (N-methyl/N-ethyl adjacent to an activating group) is 1. The first-order chi connectivity index (χ1) is 20.5. The van der Waals surface area contributed by atoms with Crippen molar-refractivity contribution in [1.29, 1.82) is 5.26 Å².